The summed E-state index contributed by atoms with van der Waals surface area (Å²) in [7, 11) is 0. The van der Waals surface area contributed by atoms with E-state index in [9.17, 15) is 14.4 Å². The summed E-state index contributed by atoms with van der Waals surface area (Å²) in [5, 5.41) is 20.7. The van der Waals surface area contributed by atoms with Crippen LogP contribution in [-0.2, 0) is 4.74 Å². The third-order valence-corrected chi connectivity index (χ3v) is 6.68. The van der Waals surface area contributed by atoms with Gasteiger partial charge in [0.2, 0.25) is 0 Å². The number of benzene rings is 3. The van der Waals surface area contributed by atoms with Gasteiger partial charge in [0, 0.05) is 23.5 Å². The Morgan fingerprint density at radius 1 is 0.917 bits per heavy atom. The van der Waals surface area contributed by atoms with E-state index in [4.69, 9.17) is 14.9 Å². The van der Waals surface area contributed by atoms with Crippen LogP contribution in [-0.4, -0.2) is 60.0 Å². The van der Waals surface area contributed by atoms with Gasteiger partial charge >= 0.3 is 11.9 Å². The molecule has 7 nitrogen and oxygen atoms in total. The average Bonchev–Trinajstić information content (AvgIpc) is 2.90. The van der Waals surface area contributed by atoms with Gasteiger partial charge in [-0.05, 0) is 48.6 Å². The minimum absolute atomic E-state index is 0.0277. The lowest BCUT2D eigenvalue weighted by Crippen LogP contribution is -2.44. The number of ether oxygens (including phenoxy) is 1. The molecule has 1 fully saturated rings. The van der Waals surface area contributed by atoms with Crippen molar-refractivity contribution in [3.8, 4) is 0 Å². The van der Waals surface area contributed by atoms with Crippen molar-refractivity contribution < 1.29 is 29.3 Å². The maximum absolute atomic E-state index is 13.1. The van der Waals surface area contributed by atoms with E-state index in [0.29, 0.717) is 13.2 Å². The van der Waals surface area contributed by atoms with Crippen LogP contribution in [0.5, 0.6) is 0 Å². The van der Waals surface area contributed by atoms with Crippen LogP contribution >= 0.6 is 11.8 Å². The predicted molar refractivity (Wildman–Crippen MR) is 139 cm³/mol. The zero-order valence-electron chi connectivity index (χ0n) is 20.1. The quantitative estimate of drug-likeness (QED) is 0.310. The van der Waals surface area contributed by atoms with E-state index in [-0.39, 0.29) is 34.5 Å². The number of morpholine rings is 1. The molecule has 2 unspecified atom stereocenters. The average molecular weight is 508 g/mol. The van der Waals surface area contributed by atoms with Gasteiger partial charge in [-0.25, -0.2) is 9.59 Å². The Morgan fingerprint density at radius 2 is 1.53 bits per heavy atom. The van der Waals surface area contributed by atoms with Gasteiger partial charge in [0.25, 0.3) is 0 Å². The number of hydrogen-bond donors (Lipinski definition) is 3. The van der Waals surface area contributed by atoms with Crippen molar-refractivity contribution in [1.29, 1.82) is 0 Å². The van der Waals surface area contributed by atoms with Crippen molar-refractivity contribution in [1.82, 2.24) is 5.32 Å². The molecule has 0 saturated carbocycles. The molecule has 1 saturated heterocycles. The summed E-state index contributed by atoms with van der Waals surface area (Å²) in [5.41, 5.74) is 2.09. The molecule has 0 amide bonds. The molecule has 36 heavy (non-hydrogen) atoms. The Hall–Kier alpha value is -3.46. The maximum Gasteiger partial charge on any atom is 0.335 e. The maximum atomic E-state index is 13.1. The van der Waals surface area contributed by atoms with E-state index >= 15 is 0 Å². The SMILES string of the molecule is CSc1ccc(C(C(=O)c2ccccc2)C2CNCCO2)cc1.Cc1c(C(=O)O)cccc1C(=O)O. The molecule has 0 radical (unpaired) electrons. The molecule has 2 atom stereocenters. The fourth-order valence-corrected chi connectivity index (χ4v) is 4.44. The highest BCUT2D eigenvalue weighted by Gasteiger charge is 2.32. The van der Waals surface area contributed by atoms with E-state index in [1.165, 1.54) is 30.0 Å². The zero-order valence-corrected chi connectivity index (χ0v) is 21.0. The molecule has 0 aliphatic carbocycles. The van der Waals surface area contributed by atoms with Crippen LogP contribution in [0.15, 0.2) is 77.7 Å². The Kier molecular flexibility index (Phi) is 9.81. The highest BCUT2D eigenvalue weighted by atomic mass is 32.2. The lowest BCUT2D eigenvalue weighted by Gasteiger charge is -2.30. The molecular weight excluding hydrogens is 478 g/mol. The number of carbonyl (C=O) groups excluding carboxylic acids is 1. The Balaban J connectivity index is 0.000000236. The highest BCUT2D eigenvalue weighted by molar-refractivity contribution is 7.98. The van der Waals surface area contributed by atoms with Gasteiger partial charge < -0.3 is 20.3 Å². The first-order valence-electron chi connectivity index (χ1n) is 11.4. The molecular formula is C28H29NO6S. The van der Waals surface area contributed by atoms with E-state index in [2.05, 4.69) is 35.8 Å². The molecule has 8 heteroatoms. The second-order valence-corrected chi connectivity index (χ2v) is 9.06. The second kappa shape index (κ2) is 13.0. The fraction of sp³-hybridized carbons (Fsp3) is 0.250. The van der Waals surface area contributed by atoms with E-state index in [1.54, 1.807) is 11.8 Å². The minimum atomic E-state index is -1.11. The van der Waals surface area contributed by atoms with E-state index in [1.807, 2.05) is 30.3 Å². The van der Waals surface area contributed by atoms with Crippen LogP contribution in [0, 0.1) is 6.92 Å². The van der Waals surface area contributed by atoms with Gasteiger partial charge in [-0.15, -0.1) is 11.8 Å². The number of nitrogens with one attached hydrogen (secondary N) is 1. The largest absolute Gasteiger partial charge is 0.478 e. The number of thioether (sulfide) groups is 1. The molecule has 4 rings (SSSR count). The molecule has 1 aliphatic rings. The molecule has 3 aromatic rings. The van der Waals surface area contributed by atoms with Crippen molar-refractivity contribution in [3.05, 3.63) is 101 Å². The van der Waals surface area contributed by atoms with Crippen molar-refractivity contribution in [2.24, 2.45) is 0 Å². The van der Waals surface area contributed by atoms with Crippen LogP contribution < -0.4 is 5.32 Å². The molecule has 0 bridgehead atoms. The molecule has 3 aromatic carbocycles. The third kappa shape index (κ3) is 6.81. The number of carboxylic acids is 2. The molecule has 188 valence electrons. The van der Waals surface area contributed by atoms with Gasteiger partial charge in [-0.3, -0.25) is 4.79 Å². The highest BCUT2D eigenvalue weighted by Crippen LogP contribution is 2.29. The van der Waals surface area contributed by atoms with Gasteiger partial charge in [0.1, 0.15) is 0 Å². The van der Waals surface area contributed by atoms with E-state index < -0.39 is 11.9 Å². The number of carboxylic acid groups (broad SMARTS) is 2. The van der Waals surface area contributed by atoms with Crippen LogP contribution in [0.1, 0.15) is 48.1 Å². The first-order chi connectivity index (χ1) is 17.3. The zero-order chi connectivity index (χ0) is 26.1. The molecule has 3 N–H and O–H groups in total. The number of aromatic carboxylic acids is 2. The first kappa shape index (κ1) is 27.1. The van der Waals surface area contributed by atoms with Crippen molar-refractivity contribution in [3.63, 3.8) is 0 Å². The Bertz CT molecular complexity index is 1160. The summed E-state index contributed by atoms with van der Waals surface area (Å²) in [6.45, 7) is 3.67. The van der Waals surface area contributed by atoms with E-state index in [0.717, 1.165) is 17.7 Å². The van der Waals surface area contributed by atoms with Crippen molar-refractivity contribution >= 4 is 29.5 Å². The summed E-state index contributed by atoms with van der Waals surface area (Å²) in [6.07, 6.45) is 1.92. The number of Topliss-reactive ketones (excluding diaryl/α,β-unsaturated/α-hetero) is 1. The Labute approximate surface area is 214 Å². The fourth-order valence-electron chi connectivity index (χ4n) is 4.03. The third-order valence-electron chi connectivity index (χ3n) is 5.94. The summed E-state index contributed by atoms with van der Waals surface area (Å²) in [5.74, 6) is -2.38. The first-order valence-corrected chi connectivity index (χ1v) is 12.7. The molecule has 1 heterocycles. The lowest BCUT2D eigenvalue weighted by atomic mass is 9.85. The normalized spacial score (nSPS) is 15.8. The smallest absolute Gasteiger partial charge is 0.335 e. The van der Waals surface area contributed by atoms with Crippen LogP contribution in [0.3, 0.4) is 0 Å². The lowest BCUT2D eigenvalue weighted by molar-refractivity contribution is 0.0127. The van der Waals surface area contributed by atoms with Gasteiger partial charge in [-0.1, -0.05) is 48.5 Å². The summed E-state index contributed by atoms with van der Waals surface area (Å²) in [6, 6.07) is 21.9. The molecule has 0 spiro atoms. The van der Waals surface area contributed by atoms with Crippen LogP contribution in [0.2, 0.25) is 0 Å². The van der Waals surface area contributed by atoms with Crippen LogP contribution in [0.4, 0.5) is 0 Å². The molecule has 0 aromatic heterocycles. The minimum Gasteiger partial charge on any atom is -0.478 e. The number of ketones is 1. The number of carbonyl (C=O) groups is 3. The topological polar surface area (TPSA) is 113 Å². The van der Waals surface area contributed by atoms with Gasteiger partial charge in [0.15, 0.2) is 5.78 Å². The van der Waals surface area contributed by atoms with Crippen LogP contribution in [0.25, 0.3) is 0 Å². The van der Waals surface area contributed by atoms with Gasteiger partial charge in [-0.2, -0.15) is 0 Å². The summed E-state index contributed by atoms with van der Waals surface area (Å²) in [4.78, 5) is 35.5. The molecule has 1 aliphatic heterocycles. The summed E-state index contributed by atoms with van der Waals surface area (Å²) < 4.78 is 5.91. The van der Waals surface area contributed by atoms with Crippen molar-refractivity contribution in [2.75, 3.05) is 26.0 Å². The summed E-state index contributed by atoms with van der Waals surface area (Å²) >= 11 is 1.70. The number of rotatable bonds is 7. The second-order valence-electron chi connectivity index (χ2n) is 8.18. The standard InChI is InChI=1S/C19H21NO2S.C9H8O4/c1-23-16-9-7-14(8-10-16)18(17-13-20-11-12-22-17)19(21)15-5-3-2-4-6-15;1-5-6(8(10)11)3-2-4-7(5)9(12)13/h2-10,17-18,20H,11-13H2,1H3;2-4H,1H3,(H,10,11)(H,12,13). The monoisotopic (exact) mass is 507 g/mol. The predicted octanol–water partition coefficient (Wildman–Crippen LogP) is 4.75. The Morgan fingerprint density at radius 3 is 2.03 bits per heavy atom. The van der Waals surface area contributed by atoms with Gasteiger partial charge in [0.05, 0.1) is 29.8 Å². The number of hydrogen-bond acceptors (Lipinski definition) is 6. The van der Waals surface area contributed by atoms with Crippen molar-refractivity contribution in [2.45, 2.75) is 23.8 Å².